The lowest BCUT2D eigenvalue weighted by Gasteiger charge is -2.15. The van der Waals surface area contributed by atoms with E-state index in [1.54, 1.807) is 0 Å². The molecule has 0 bridgehead atoms. The van der Waals surface area contributed by atoms with Gasteiger partial charge in [0.05, 0.1) is 17.5 Å². The number of hydrogen-bond acceptors (Lipinski definition) is 6. The van der Waals surface area contributed by atoms with Crippen LogP contribution in [0.3, 0.4) is 0 Å². The third kappa shape index (κ3) is 3.30. The molecule has 0 fully saturated rings. The highest BCUT2D eigenvalue weighted by atomic mass is 16.5. The zero-order valence-corrected chi connectivity index (χ0v) is 11.1. The quantitative estimate of drug-likeness (QED) is 0.609. The third-order valence-electron chi connectivity index (χ3n) is 2.57. The van der Waals surface area contributed by atoms with Crippen molar-refractivity contribution in [3.8, 4) is 5.88 Å². The van der Waals surface area contributed by atoms with E-state index >= 15 is 0 Å². The van der Waals surface area contributed by atoms with E-state index in [1.165, 1.54) is 0 Å². The fourth-order valence-corrected chi connectivity index (χ4v) is 1.71. The summed E-state index contributed by atoms with van der Waals surface area (Å²) in [6.07, 6.45) is -0.0936. The average Bonchev–Trinajstić information content (AvgIpc) is 2.44. The lowest BCUT2D eigenvalue weighted by Crippen LogP contribution is -2.20. The summed E-state index contributed by atoms with van der Waals surface area (Å²) in [4.78, 5) is 8.51. The number of hydrazine groups is 1. The average molecular weight is 262 g/mol. The first kappa shape index (κ1) is 13.5. The first-order valence-corrected chi connectivity index (χ1v) is 6.22. The lowest BCUT2D eigenvalue weighted by molar-refractivity contribution is 0.0642. The standard InChI is InChI=1S/C13H18N4O2/c1-3-18-8-9(2)19-12-10-6-4-5-7-11(10)15-13(16-12)17-14/h4-7,9H,3,8,14H2,1-2H3,(H,15,16,17). The second-order valence-electron chi connectivity index (χ2n) is 4.10. The molecule has 2 rings (SSSR count). The van der Waals surface area contributed by atoms with Crippen molar-refractivity contribution in [2.75, 3.05) is 18.6 Å². The fraction of sp³-hybridized carbons (Fsp3) is 0.385. The van der Waals surface area contributed by atoms with Crippen LogP contribution < -0.4 is 16.0 Å². The largest absolute Gasteiger partial charge is 0.472 e. The number of benzene rings is 1. The zero-order chi connectivity index (χ0) is 13.7. The molecule has 0 radical (unpaired) electrons. The van der Waals surface area contributed by atoms with Crippen molar-refractivity contribution in [3.63, 3.8) is 0 Å². The predicted octanol–water partition coefficient (Wildman–Crippen LogP) is 1.72. The Kier molecular flexibility index (Phi) is 4.48. The van der Waals surface area contributed by atoms with Gasteiger partial charge >= 0.3 is 0 Å². The van der Waals surface area contributed by atoms with Crippen molar-refractivity contribution in [3.05, 3.63) is 24.3 Å². The topological polar surface area (TPSA) is 82.3 Å². The van der Waals surface area contributed by atoms with E-state index < -0.39 is 0 Å². The second kappa shape index (κ2) is 6.31. The summed E-state index contributed by atoms with van der Waals surface area (Å²) < 4.78 is 11.1. The van der Waals surface area contributed by atoms with Crippen molar-refractivity contribution in [2.45, 2.75) is 20.0 Å². The van der Waals surface area contributed by atoms with Crippen molar-refractivity contribution in [2.24, 2.45) is 5.84 Å². The molecular formula is C13H18N4O2. The molecule has 0 amide bonds. The van der Waals surface area contributed by atoms with Gasteiger partial charge in [0.1, 0.15) is 6.10 Å². The van der Waals surface area contributed by atoms with E-state index in [4.69, 9.17) is 15.3 Å². The first-order valence-electron chi connectivity index (χ1n) is 6.22. The van der Waals surface area contributed by atoms with Crippen molar-refractivity contribution in [1.82, 2.24) is 9.97 Å². The molecule has 1 aromatic carbocycles. The van der Waals surface area contributed by atoms with Crippen LogP contribution in [0.1, 0.15) is 13.8 Å². The van der Waals surface area contributed by atoms with Gasteiger partial charge in [-0.15, -0.1) is 0 Å². The number of nitrogens with zero attached hydrogens (tertiary/aromatic N) is 2. The Labute approximate surface area is 111 Å². The second-order valence-corrected chi connectivity index (χ2v) is 4.10. The Balaban J connectivity index is 2.29. The van der Waals surface area contributed by atoms with Crippen molar-refractivity contribution < 1.29 is 9.47 Å². The van der Waals surface area contributed by atoms with Gasteiger partial charge in [0, 0.05) is 6.61 Å². The van der Waals surface area contributed by atoms with Crippen LogP contribution in [0.5, 0.6) is 5.88 Å². The molecule has 0 aliphatic carbocycles. The van der Waals surface area contributed by atoms with Crippen LogP contribution in [0.25, 0.3) is 10.9 Å². The van der Waals surface area contributed by atoms with E-state index in [0.29, 0.717) is 25.0 Å². The van der Waals surface area contributed by atoms with Crippen molar-refractivity contribution >= 4 is 16.9 Å². The summed E-state index contributed by atoms with van der Waals surface area (Å²) in [6.45, 7) is 5.05. The van der Waals surface area contributed by atoms with Gasteiger partial charge in [-0.2, -0.15) is 4.98 Å². The summed E-state index contributed by atoms with van der Waals surface area (Å²) in [5.74, 6) is 6.20. The molecule has 3 N–H and O–H groups in total. The van der Waals surface area contributed by atoms with Crippen LogP contribution in [0.4, 0.5) is 5.95 Å². The van der Waals surface area contributed by atoms with Gasteiger partial charge < -0.3 is 9.47 Å². The minimum atomic E-state index is -0.0936. The van der Waals surface area contributed by atoms with Gasteiger partial charge in [-0.3, -0.25) is 5.43 Å². The molecule has 6 nitrogen and oxygen atoms in total. The lowest BCUT2D eigenvalue weighted by atomic mass is 10.2. The Hall–Kier alpha value is -1.92. The maximum Gasteiger partial charge on any atom is 0.241 e. The predicted molar refractivity (Wildman–Crippen MR) is 73.9 cm³/mol. The van der Waals surface area contributed by atoms with Gasteiger partial charge in [-0.05, 0) is 26.0 Å². The number of fused-ring (bicyclic) bond motifs is 1. The summed E-state index contributed by atoms with van der Waals surface area (Å²) in [5, 5.41) is 0.852. The number of nitrogens with two attached hydrogens (primary N) is 1. The monoisotopic (exact) mass is 262 g/mol. The number of rotatable bonds is 6. The molecule has 1 atom stereocenters. The van der Waals surface area contributed by atoms with Crippen LogP contribution in [0.2, 0.25) is 0 Å². The SMILES string of the molecule is CCOCC(C)Oc1nc(NN)nc2ccccc12. The van der Waals surface area contributed by atoms with E-state index in [1.807, 2.05) is 38.1 Å². The van der Waals surface area contributed by atoms with E-state index in [0.717, 1.165) is 10.9 Å². The highest BCUT2D eigenvalue weighted by Gasteiger charge is 2.11. The van der Waals surface area contributed by atoms with Gasteiger partial charge in [-0.25, -0.2) is 10.8 Å². The molecule has 0 saturated heterocycles. The summed E-state index contributed by atoms with van der Waals surface area (Å²) >= 11 is 0. The summed E-state index contributed by atoms with van der Waals surface area (Å²) in [5.41, 5.74) is 3.22. The molecule has 0 saturated carbocycles. The highest BCUT2D eigenvalue weighted by molar-refractivity contribution is 5.84. The number of para-hydroxylation sites is 1. The Morgan fingerprint density at radius 2 is 2.11 bits per heavy atom. The van der Waals surface area contributed by atoms with Crippen LogP contribution in [0, 0.1) is 0 Å². The molecule has 0 aliphatic rings. The highest BCUT2D eigenvalue weighted by Crippen LogP contribution is 2.24. The minimum absolute atomic E-state index is 0.0936. The number of nitrogen functional groups attached to an aromatic ring is 1. The smallest absolute Gasteiger partial charge is 0.241 e. The Morgan fingerprint density at radius 3 is 2.84 bits per heavy atom. The zero-order valence-electron chi connectivity index (χ0n) is 11.1. The van der Waals surface area contributed by atoms with Crippen LogP contribution in [-0.4, -0.2) is 29.3 Å². The number of hydrogen-bond donors (Lipinski definition) is 2. The Morgan fingerprint density at radius 1 is 1.32 bits per heavy atom. The molecule has 6 heteroatoms. The van der Waals surface area contributed by atoms with Gasteiger partial charge in [0.25, 0.3) is 0 Å². The number of anilines is 1. The maximum absolute atomic E-state index is 5.80. The summed E-state index contributed by atoms with van der Waals surface area (Å²) in [7, 11) is 0. The molecule has 1 unspecified atom stereocenters. The van der Waals surface area contributed by atoms with Crippen LogP contribution in [0.15, 0.2) is 24.3 Å². The normalized spacial score (nSPS) is 12.4. The molecule has 19 heavy (non-hydrogen) atoms. The molecule has 2 aromatic rings. The number of aromatic nitrogens is 2. The molecule has 1 heterocycles. The number of ether oxygens (including phenoxy) is 2. The maximum atomic E-state index is 5.80. The van der Waals surface area contributed by atoms with Crippen LogP contribution in [-0.2, 0) is 4.74 Å². The van der Waals surface area contributed by atoms with Gasteiger partial charge in [0.2, 0.25) is 11.8 Å². The molecule has 1 aromatic heterocycles. The molecule has 0 spiro atoms. The molecule has 0 aliphatic heterocycles. The molecular weight excluding hydrogens is 244 g/mol. The molecule has 102 valence electrons. The van der Waals surface area contributed by atoms with E-state index in [-0.39, 0.29) is 6.10 Å². The fourth-order valence-electron chi connectivity index (χ4n) is 1.71. The van der Waals surface area contributed by atoms with Gasteiger partial charge in [0.15, 0.2) is 0 Å². The van der Waals surface area contributed by atoms with E-state index in [9.17, 15) is 0 Å². The minimum Gasteiger partial charge on any atom is -0.472 e. The first-order chi connectivity index (χ1) is 9.24. The van der Waals surface area contributed by atoms with Crippen LogP contribution >= 0.6 is 0 Å². The number of nitrogens with one attached hydrogen (secondary N) is 1. The van der Waals surface area contributed by atoms with Gasteiger partial charge in [-0.1, -0.05) is 12.1 Å². The summed E-state index contributed by atoms with van der Waals surface area (Å²) in [6, 6.07) is 7.63. The van der Waals surface area contributed by atoms with Crippen molar-refractivity contribution in [1.29, 1.82) is 0 Å². The third-order valence-corrected chi connectivity index (χ3v) is 2.57. The Bertz CT molecular complexity index is 547. The van der Waals surface area contributed by atoms with E-state index in [2.05, 4.69) is 15.4 Å².